The van der Waals surface area contributed by atoms with Crippen LogP contribution in [0.4, 0.5) is 0 Å². The van der Waals surface area contributed by atoms with Gasteiger partial charge in [0.25, 0.3) is 0 Å². The average molecular weight is 314 g/mol. The highest BCUT2D eigenvalue weighted by atomic mass is 14.5. The molecule has 0 aromatic carbocycles. The van der Waals surface area contributed by atoms with E-state index in [4.69, 9.17) is 0 Å². The average Bonchev–Trinajstić information content (AvgIpc) is 2.64. The SMILES string of the molecule is C1=CC2CCCC3C4=CC5=CC=CC6CCCC(C4=CC(=C1)C23)C56. The molecule has 2 saturated carbocycles. The van der Waals surface area contributed by atoms with Gasteiger partial charge in [0.15, 0.2) is 0 Å². The number of hydrogen-bond donors (Lipinski definition) is 0. The Kier molecular flexibility index (Phi) is 2.84. The summed E-state index contributed by atoms with van der Waals surface area (Å²) in [4.78, 5) is 0. The van der Waals surface area contributed by atoms with Crippen molar-refractivity contribution in [2.24, 2.45) is 35.5 Å². The molecule has 0 aromatic heterocycles. The van der Waals surface area contributed by atoms with E-state index in [2.05, 4.69) is 48.6 Å². The van der Waals surface area contributed by atoms with Crippen molar-refractivity contribution in [2.75, 3.05) is 0 Å². The second-order valence-electron chi connectivity index (χ2n) is 8.76. The zero-order chi connectivity index (χ0) is 15.7. The van der Waals surface area contributed by atoms with Gasteiger partial charge >= 0.3 is 0 Å². The van der Waals surface area contributed by atoms with E-state index in [9.17, 15) is 0 Å². The van der Waals surface area contributed by atoms with Crippen molar-refractivity contribution in [1.29, 1.82) is 0 Å². The summed E-state index contributed by atoms with van der Waals surface area (Å²) in [6, 6.07) is 0. The Bertz CT molecular complexity index is 700. The Morgan fingerprint density at radius 1 is 0.625 bits per heavy atom. The normalized spacial score (nSPS) is 44.3. The van der Waals surface area contributed by atoms with E-state index in [0.29, 0.717) is 0 Å². The molecule has 122 valence electrons. The van der Waals surface area contributed by atoms with Crippen molar-refractivity contribution in [2.45, 2.75) is 38.5 Å². The first-order chi connectivity index (χ1) is 11.9. The topological polar surface area (TPSA) is 0 Å². The molecule has 0 N–H and O–H groups in total. The van der Waals surface area contributed by atoms with E-state index in [1.807, 2.05) is 0 Å². The molecular weight excluding hydrogens is 288 g/mol. The zero-order valence-corrected chi connectivity index (χ0v) is 14.3. The fourth-order valence-electron chi connectivity index (χ4n) is 6.85. The minimum absolute atomic E-state index is 0.773. The molecular formula is C24H26. The quantitative estimate of drug-likeness (QED) is 0.520. The molecule has 0 saturated heterocycles. The fourth-order valence-corrected chi connectivity index (χ4v) is 6.85. The summed E-state index contributed by atoms with van der Waals surface area (Å²) < 4.78 is 0. The van der Waals surface area contributed by atoms with E-state index in [1.54, 1.807) is 22.3 Å². The van der Waals surface area contributed by atoms with Crippen LogP contribution in [0, 0.1) is 35.5 Å². The lowest BCUT2D eigenvalue weighted by atomic mass is 9.53. The van der Waals surface area contributed by atoms with Crippen LogP contribution in [0.15, 0.2) is 70.9 Å². The van der Waals surface area contributed by atoms with Gasteiger partial charge in [-0.05, 0) is 83.5 Å². The summed E-state index contributed by atoms with van der Waals surface area (Å²) in [5.74, 6) is 4.70. The lowest BCUT2D eigenvalue weighted by molar-refractivity contribution is 0.213. The Labute approximate surface area is 145 Å². The first kappa shape index (κ1) is 13.7. The minimum Gasteiger partial charge on any atom is -0.0808 e. The molecule has 0 nitrogen and oxygen atoms in total. The van der Waals surface area contributed by atoms with Crippen LogP contribution in [0.1, 0.15) is 38.5 Å². The second-order valence-corrected chi connectivity index (χ2v) is 8.76. The molecule has 2 fully saturated rings. The summed E-state index contributed by atoms with van der Waals surface area (Å²) in [5.41, 5.74) is 6.78. The van der Waals surface area contributed by atoms with Gasteiger partial charge in [-0.3, -0.25) is 0 Å². The summed E-state index contributed by atoms with van der Waals surface area (Å²) in [7, 11) is 0. The minimum atomic E-state index is 0.773. The molecule has 6 atom stereocenters. The van der Waals surface area contributed by atoms with Gasteiger partial charge in [0.2, 0.25) is 0 Å². The van der Waals surface area contributed by atoms with Gasteiger partial charge in [-0.1, -0.05) is 61.4 Å². The molecule has 0 heterocycles. The maximum Gasteiger partial charge on any atom is -0.00299 e. The van der Waals surface area contributed by atoms with Crippen LogP contribution in [0.2, 0.25) is 0 Å². The van der Waals surface area contributed by atoms with Gasteiger partial charge < -0.3 is 0 Å². The lowest BCUT2D eigenvalue weighted by Crippen LogP contribution is -2.40. The molecule has 6 aliphatic carbocycles. The number of rotatable bonds is 0. The van der Waals surface area contributed by atoms with E-state index < -0.39 is 0 Å². The molecule has 6 unspecified atom stereocenters. The molecule has 0 radical (unpaired) electrons. The monoisotopic (exact) mass is 314 g/mol. The van der Waals surface area contributed by atoms with E-state index >= 15 is 0 Å². The second kappa shape index (κ2) is 4.97. The molecule has 0 spiro atoms. The highest BCUT2D eigenvalue weighted by Crippen LogP contribution is 2.58. The van der Waals surface area contributed by atoms with Crippen molar-refractivity contribution in [1.82, 2.24) is 0 Å². The molecule has 6 rings (SSSR count). The van der Waals surface area contributed by atoms with Crippen LogP contribution < -0.4 is 0 Å². The van der Waals surface area contributed by atoms with E-state index in [-0.39, 0.29) is 0 Å². The van der Waals surface area contributed by atoms with Crippen molar-refractivity contribution in [3.8, 4) is 0 Å². The Morgan fingerprint density at radius 3 is 1.62 bits per heavy atom. The molecule has 0 amide bonds. The fraction of sp³-hybridized carbons (Fsp3) is 0.500. The predicted molar refractivity (Wildman–Crippen MR) is 99.3 cm³/mol. The highest BCUT2D eigenvalue weighted by Gasteiger charge is 2.47. The molecule has 0 bridgehead atoms. The molecule has 6 aliphatic rings. The summed E-state index contributed by atoms with van der Waals surface area (Å²) in [6.45, 7) is 0. The van der Waals surface area contributed by atoms with Gasteiger partial charge in [0.1, 0.15) is 0 Å². The maximum absolute atomic E-state index is 2.64. The van der Waals surface area contributed by atoms with Gasteiger partial charge in [-0.25, -0.2) is 0 Å². The van der Waals surface area contributed by atoms with Crippen LogP contribution >= 0.6 is 0 Å². The predicted octanol–water partition coefficient (Wildman–Crippen LogP) is 5.92. The summed E-state index contributed by atoms with van der Waals surface area (Å²) in [5, 5.41) is 0. The molecule has 0 aromatic rings. The van der Waals surface area contributed by atoms with Gasteiger partial charge in [0.05, 0.1) is 0 Å². The van der Waals surface area contributed by atoms with Crippen molar-refractivity contribution >= 4 is 0 Å². The molecule has 0 heteroatoms. The Balaban J connectivity index is 1.54. The first-order valence-electron chi connectivity index (χ1n) is 10.1. The van der Waals surface area contributed by atoms with Crippen molar-refractivity contribution in [3.63, 3.8) is 0 Å². The van der Waals surface area contributed by atoms with E-state index in [1.165, 1.54) is 38.5 Å². The Hall–Kier alpha value is -1.56. The zero-order valence-electron chi connectivity index (χ0n) is 14.3. The Morgan fingerprint density at radius 2 is 1.12 bits per heavy atom. The van der Waals surface area contributed by atoms with E-state index in [0.717, 1.165) is 35.5 Å². The highest BCUT2D eigenvalue weighted by molar-refractivity contribution is 5.57. The summed E-state index contributed by atoms with van der Waals surface area (Å²) >= 11 is 0. The van der Waals surface area contributed by atoms with Crippen molar-refractivity contribution in [3.05, 3.63) is 70.9 Å². The van der Waals surface area contributed by atoms with Gasteiger partial charge in [-0.2, -0.15) is 0 Å². The van der Waals surface area contributed by atoms with Crippen LogP contribution in [0.25, 0.3) is 0 Å². The molecule has 0 aliphatic heterocycles. The van der Waals surface area contributed by atoms with Crippen LogP contribution in [-0.4, -0.2) is 0 Å². The third-order valence-corrected chi connectivity index (χ3v) is 7.74. The van der Waals surface area contributed by atoms with Crippen molar-refractivity contribution < 1.29 is 0 Å². The lowest BCUT2D eigenvalue weighted by Gasteiger charge is -2.51. The smallest absolute Gasteiger partial charge is 0.00299 e. The number of hydrogen-bond acceptors (Lipinski definition) is 0. The van der Waals surface area contributed by atoms with Gasteiger partial charge in [0, 0.05) is 0 Å². The first-order valence-corrected chi connectivity index (χ1v) is 10.1. The van der Waals surface area contributed by atoms with Crippen LogP contribution in [0.5, 0.6) is 0 Å². The third kappa shape index (κ3) is 1.75. The van der Waals surface area contributed by atoms with Gasteiger partial charge in [-0.15, -0.1) is 0 Å². The molecule has 24 heavy (non-hydrogen) atoms. The standard InChI is InChI=1S/C24H26/c1-5-15-7-3-11-19-22-14-18-10-2-6-16-8-4-12-20(24(16)18)21(22)13-17(9-1)23(15)19/h1-2,5-6,9-10,13-16,19-20,23-24H,3-4,7-8,11-12H2. The van der Waals surface area contributed by atoms with Crippen LogP contribution in [-0.2, 0) is 0 Å². The maximum atomic E-state index is 2.64. The van der Waals surface area contributed by atoms with Crippen LogP contribution in [0.3, 0.4) is 0 Å². The summed E-state index contributed by atoms with van der Waals surface area (Å²) in [6.07, 6.45) is 28.2. The largest absolute Gasteiger partial charge is 0.0808 e. The number of allylic oxidation sites excluding steroid dienone is 12. The third-order valence-electron chi connectivity index (χ3n) is 7.74. The number of fused-ring (bicyclic) bond motifs is 3.